The molecule has 1 amide bonds. The molecule has 5 nitrogen and oxygen atoms in total. The first-order chi connectivity index (χ1) is 7.33. The molecule has 0 aliphatic carbocycles. The highest BCUT2D eigenvalue weighted by molar-refractivity contribution is 8.00. The largest absolute Gasteiger partial charge is 0.336 e. The summed E-state index contributed by atoms with van der Waals surface area (Å²) in [6, 6.07) is 0.469. The van der Waals surface area contributed by atoms with Crippen LogP contribution in [-0.2, 0) is 11.3 Å². The van der Waals surface area contributed by atoms with E-state index in [0.717, 1.165) is 12.3 Å². The maximum absolute atomic E-state index is 11.9. The quantitative estimate of drug-likeness (QED) is 0.709. The van der Waals surface area contributed by atoms with E-state index in [1.54, 1.807) is 11.0 Å². The fourth-order valence-electron chi connectivity index (χ4n) is 2.25. The first-order valence-corrected chi connectivity index (χ1v) is 6.11. The molecule has 3 heterocycles. The molecule has 0 radical (unpaired) electrons. The van der Waals surface area contributed by atoms with Crippen LogP contribution in [0.5, 0.6) is 0 Å². The Hall–Kier alpha value is -1.04. The van der Waals surface area contributed by atoms with Gasteiger partial charge in [0.15, 0.2) is 0 Å². The Morgan fingerprint density at radius 3 is 3.13 bits per heavy atom. The molecule has 2 aliphatic rings. The van der Waals surface area contributed by atoms with Gasteiger partial charge in [-0.1, -0.05) is 0 Å². The van der Waals surface area contributed by atoms with Gasteiger partial charge in [-0.2, -0.15) is 16.9 Å². The number of likely N-dealkylation sites (tertiary alicyclic amines) is 1. The lowest BCUT2D eigenvalue weighted by molar-refractivity contribution is -0.132. The minimum atomic E-state index is 0.174. The van der Waals surface area contributed by atoms with Gasteiger partial charge in [-0.3, -0.25) is 4.79 Å². The molecule has 2 aliphatic heterocycles. The molecule has 2 unspecified atom stereocenters. The minimum absolute atomic E-state index is 0.174. The summed E-state index contributed by atoms with van der Waals surface area (Å²) in [5.74, 6) is 1.28. The Bertz CT molecular complexity index is 366. The lowest BCUT2D eigenvalue weighted by Crippen LogP contribution is -2.41. The number of carbonyl (C=O) groups is 1. The fraction of sp³-hybridized carbons (Fsp3) is 0.667. The van der Waals surface area contributed by atoms with E-state index >= 15 is 0 Å². The van der Waals surface area contributed by atoms with Crippen molar-refractivity contribution in [1.82, 2.24) is 19.7 Å². The van der Waals surface area contributed by atoms with E-state index in [-0.39, 0.29) is 5.91 Å². The lowest BCUT2D eigenvalue weighted by Gasteiger charge is -2.26. The van der Waals surface area contributed by atoms with Crippen molar-refractivity contribution < 1.29 is 4.79 Å². The van der Waals surface area contributed by atoms with Crippen LogP contribution in [0.2, 0.25) is 0 Å². The van der Waals surface area contributed by atoms with E-state index < -0.39 is 0 Å². The number of hydrogen-bond acceptors (Lipinski definition) is 4. The highest BCUT2D eigenvalue weighted by atomic mass is 32.2. The van der Waals surface area contributed by atoms with Gasteiger partial charge in [-0.05, 0) is 6.42 Å². The van der Waals surface area contributed by atoms with E-state index in [9.17, 15) is 4.79 Å². The predicted octanol–water partition coefficient (Wildman–Crippen LogP) is -0.00560. The Morgan fingerprint density at radius 2 is 2.53 bits per heavy atom. The van der Waals surface area contributed by atoms with E-state index in [2.05, 4.69) is 10.1 Å². The van der Waals surface area contributed by atoms with Gasteiger partial charge in [-0.15, -0.1) is 0 Å². The molecule has 1 aromatic heterocycles. The van der Waals surface area contributed by atoms with Crippen LogP contribution in [0.3, 0.4) is 0 Å². The number of hydrogen-bond donors (Lipinski definition) is 0. The standard InChI is InChI=1S/C9H12N4OS/c14-9(3-12-6-10-5-11-12)13-2-8-1-7(13)4-15-8/h5-8H,1-4H2. The number of nitrogens with zero attached hydrogens (tertiary/aromatic N) is 4. The monoisotopic (exact) mass is 224 g/mol. The molecule has 1 aromatic rings. The van der Waals surface area contributed by atoms with Crippen molar-refractivity contribution in [2.24, 2.45) is 0 Å². The second-order valence-corrected chi connectivity index (χ2v) is 5.32. The van der Waals surface area contributed by atoms with Crippen molar-refractivity contribution in [2.75, 3.05) is 12.3 Å². The zero-order chi connectivity index (χ0) is 10.3. The first-order valence-electron chi connectivity index (χ1n) is 5.06. The van der Waals surface area contributed by atoms with E-state index in [1.807, 2.05) is 16.7 Å². The predicted molar refractivity (Wildman–Crippen MR) is 56.4 cm³/mol. The SMILES string of the molecule is O=C(Cn1cncn1)N1CC2CC1CS2. The van der Waals surface area contributed by atoms with Crippen molar-refractivity contribution in [3.8, 4) is 0 Å². The lowest BCUT2D eigenvalue weighted by atomic mass is 10.2. The topological polar surface area (TPSA) is 51.0 Å². The van der Waals surface area contributed by atoms with Crippen LogP contribution in [0.4, 0.5) is 0 Å². The fourth-order valence-corrected chi connectivity index (χ4v) is 3.68. The maximum Gasteiger partial charge on any atom is 0.244 e. The van der Waals surface area contributed by atoms with Crippen molar-refractivity contribution in [2.45, 2.75) is 24.3 Å². The van der Waals surface area contributed by atoms with E-state index in [4.69, 9.17) is 0 Å². The van der Waals surface area contributed by atoms with Gasteiger partial charge in [0.2, 0.25) is 5.91 Å². The summed E-state index contributed by atoms with van der Waals surface area (Å²) in [5, 5.41) is 4.62. The maximum atomic E-state index is 11.9. The minimum Gasteiger partial charge on any atom is -0.336 e. The van der Waals surface area contributed by atoms with Crippen LogP contribution in [0.1, 0.15) is 6.42 Å². The number of thioether (sulfide) groups is 1. The number of carbonyl (C=O) groups excluding carboxylic acids is 1. The average Bonchev–Trinajstić information content (AvgIpc) is 2.93. The van der Waals surface area contributed by atoms with Gasteiger partial charge < -0.3 is 4.90 Å². The van der Waals surface area contributed by atoms with Gasteiger partial charge in [-0.25, -0.2) is 9.67 Å². The molecule has 0 spiro atoms. The van der Waals surface area contributed by atoms with Gasteiger partial charge >= 0.3 is 0 Å². The summed E-state index contributed by atoms with van der Waals surface area (Å²) in [6.45, 7) is 1.25. The van der Waals surface area contributed by atoms with Crippen LogP contribution in [0.15, 0.2) is 12.7 Å². The summed E-state index contributed by atoms with van der Waals surface area (Å²) in [7, 11) is 0. The molecule has 0 saturated carbocycles. The molecule has 0 aromatic carbocycles. The molecule has 2 atom stereocenters. The first kappa shape index (κ1) is 9.21. The zero-order valence-corrected chi connectivity index (χ0v) is 9.06. The molecule has 2 saturated heterocycles. The van der Waals surface area contributed by atoms with E-state index in [0.29, 0.717) is 17.8 Å². The van der Waals surface area contributed by atoms with Crippen LogP contribution in [0.25, 0.3) is 0 Å². The van der Waals surface area contributed by atoms with Gasteiger partial charge in [0.25, 0.3) is 0 Å². The Morgan fingerprint density at radius 1 is 1.60 bits per heavy atom. The second-order valence-electron chi connectivity index (χ2n) is 3.98. The molecule has 2 bridgehead atoms. The summed E-state index contributed by atoms with van der Waals surface area (Å²) >= 11 is 1.99. The van der Waals surface area contributed by atoms with Crippen molar-refractivity contribution in [3.63, 3.8) is 0 Å². The summed E-state index contributed by atoms with van der Waals surface area (Å²) < 4.78 is 1.58. The van der Waals surface area contributed by atoms with Crippen LogP contribution >= 0.6 is 11.8 Å². The van der Waals surface area contributed by atoms with E-state index in [1.165, 1.54) is 12.7 Å². The molecular weight excluding hydrogens is 212 g/mol. The molecule has 6 heteroatoms. The Labute approximate surface area is 91.8 Å². The normalized spacial score (nSPS) is 28.7. The zero-order valence-electron chi connectivity index (χ0n) is 8.24. The summed E-state index contributed by atoms with van der Waals surface area (Å²) in [4.78, 5) is 17.8. The molecule has 80 valence electrons. The molecular formula is C9H12N4OS. The van der Waals surface area contributed by atoms with Gasteiger partial charge in [0.1, 0.15) is 19.2 Å². The van der Waals surface area contributed by atoms with Crippen molar-refractivity contribution in [3.05, 3.63) is 12.7 Å². The van der Waals surface area contributed by atoms with Gasteiger partial charge in [0.05, 0.1) is 0 Å². The third-order valence-corrected chi connectivity index (χ3v) is 4.37. The number of fused-ring (bicyclic) bond motifs is 2. The van der Waals surface area contributed by atoms with Crippen molar-refractivity contribution >= 4 is 17.7 Å². The highest BCUT2D eigenvalue weighted by Gasteiger charge is 2.40. The average molecular weight is 224 g/mol. The summed E-state index contributed by atoms with van der Waals surface area (Å²) in [6.07, 6.45) is 4.22. The number of aromatic nitrogens is 3. The molecule has 3 rings (SSSR count). The van der Waals surface area contributed by atoms with Gasteiger partial charge in [0, 0.05) is 23.6 Å². The van der Waals surface area contributed by atoms with Crippen LogP contribution in [0, 0.1) is 0 Å². The third-order valence-electron chi connectivity index (χ3n) is 2.98. The second kappa shape index (κ2) is 3.52. The van der Waals surface area contributed by atoms with Crippen molar-refractivity contribution in [1.29, 1.82) is 0 Å². The molecule has 15 heavy (non-hydrogen) atoms. The Balaban J connectivity index is 1.66. The molecule has 2 fully saturated rings. The number of rotatable bonds is 2. The number of amides is 1. The summed E-state index contributed by atoms with van der Waals surface area (Å²) in [5.41, 5.74) is 0. The van der Waals surface area contributed by atoms with Crippen LogP contribution in [-0.4, -0.2) is 49.2 Å². The molecule has 0 N–H and O–H groups in total. The highest BCUT2D eigenvalue weighted by Crippen LogP contribution is 2.37. The smallest absolute Gasteiger partial charge is 0.244 e. The third kappa shape index (κ3) is 1.62. The Kier molecular flexibility index (Phi) is 2.16. The van der Waals surface area contributed by atoms with Crippen LogP contribution < -0.4 is 0 Å².